The molecule has 0 radical (unpaired) electrons. The van der Waals surface area contributed by atoms with E-state index in [0.29, 0.717) is 12.6 Å². The molecule has 3 heterocycles. The standard InChI is InChI=1S/C25H36N6O/c1-2-26-25(28-19-22-9-6-12-27-24(22)31-15-17-32-18-16-31)29-23-10-13-30(14-11-23)20-21-7-4-3-5-8-21/h3-9,12,23H,2,10-11,13-20H2,1H3,(H2,26,28,29). The normalized spacial score (nSPS) is 18.5. The average Bonchev–Trinajstić information content (AvgIpc) is 2.85. The van der Waals surface area contributed by atoms with E-state index in [1.807, 2.05) is 12.3 Å². The van der Waals surface area contributed by atoms with Gasteiger partial charge in [-0.05, 0) is 31.4 Å². The maximum absolute atomic E-state index is 5.50. The molecule has 0 atom stereocenters. The molecule has 0 aliphatic carbocycles. The zero-order chi connectivity index (χ0) is 22.0. The van der Waals surface area contributed by atoms with E-state index in [4.69, 9.17) is 9.73 Å². The summed E-state index contributed by atoms with van der Waals surface area (Å²) in [6.07, 6.45) is 4.12. The molecule has 2 aliphatic rings. The van der Waals surface area contributed by atoms with E-state index in [1.54, 1.807) is 0 Å². The van der Waals surface area contributed by atoms with Crippen molar-refractivity contribution < 1.29 is 4.74 Å². The van der Waals surface area contributed by atoms with Crippen LogP contribution in [0.4, 0.5) is 5.82 Å². The molecule has 0 spiro atoms. The van der Waals surface area contributed by atoms with E-state index in [-0.39, 0.29) is 0 Å². The summed E-state index contributed by atoms with van der Waals surface area (Å²) in [4.78, 5) is 14.4. The number of nitrogens with one attached hydrogen (secondary N) is 2. The van der Waals surface area contributed by atoms with Crippen LogP contribution in [0.5, 0.6) is 0 Å². The maximum atomic E-state index is 5.50. The summed E-state index contributed by atoms with van der Waals surface area (Å²) in [5, 5.41) is 7.09. The number of aliphatic imine (C=N–C) groups is 1. The van der Waals surface area contributed by atoms with Crippen molar-refractivity contribution in [2.24, 2.45) is 4.99 Å². The van der Waals surface area contributed by atoms with Crippen LogP contribution in [0.2, 0.25) is 0 Å². The fourth-order valence-electron chi connectivity index (χ4n) is 4.37. The number of ether oxygens (including phenoxy) is 1. The van der Waals surface area contributed by atoms with Gasteiger partial charge in [-0.2, -0.15) is 0 Å². The van der Waals surface area contributed by atoms with Gasteiger partial charge in [0, 0.05) is 57.1 Å². The van der Waals surface area contributed by atoms with Crippen molar-refractivity contribution in [2.75, 3.05) is 50.8 Å². The first-order valence-corrected chi connectivity index (χ1v) is 11.9. The van der Waals surface area contributed by atoms with Gasteiger partial charge in [-0.1, -0.05) is 36.4 Å². The number of aromatic nitrogens is 1. The van der Waals surface area contributed by atoms with Gasteiger partial charge in [0.2, 0.25) is 0 Å². The Morgan fingerprint density at radius 3 is 2.59 bits per heavy atom. The van der Waals surface area contributed by atoms with Crippen LogP contribution in [0.25, 0.3) is 0 Å². The van der Waals surface area contributed by atoms with Gasteiger partial charge in [0.1, 0.15) is 5.82 Å². The quantitative estimate of drug-likeness (QED) is 0.514. The maximum Gasteiger partial charge on any atom is 0.191 e. The molecule has 2 saturated heterocycles. The second-order valence-electron chi connectivity index (χ2n) is 8.46. The van der Waals surface area contributed by atoms with Crippen molar-refractivity contribution >= 4 is 11.8 Å². The Bertz CT molecular complexity index is 845. The first kappa shape index (κ1) is 22.6. The molecule has 7 nitrogen and oxygen atoms in total. The van der Waals surface area contributed by atoms with Crippen LogP contribution in [0, 0.1) is 0 Å². The van der Waals surface area contributed by atoms with Crippen LogP contribution in [-0.2, 0) is 17.8 Å². The number of anilines is 1. The zero-order valence-electron chi connectivity index (χ0n) is 19.2. The topological polar surface area (TPSA) is 65.0 Å². The van der Waals surface area contributed by atoms with Crippen molar-refractivity contribution in [3.63, 3.8) is 0 Å². The van der Waals surface area contributed by atoms with E-state index in [2.05, 4.69) is 68.7 Å². The monoisotopic (exact) mass is 436 g/mol. The minimum atomic E-state index is 0.451. The molecule has 2 fully saturated rings. The van der Waals surface area contributed by atoms with Crippen LogP contribution in [0.3, 0.4) is 0 Å². The predicted molar refractivity (Wildman–Crippen MR) is 130 cm³/mol. The Hall–Kier alpha value is -2.64. The van der Waals surface area contributed by atoms with Crippen molar-refractivity contribution in [3.8, 4) is 0 Å². The highest BCUT2D eigenvalue weighted by molar-refractivity contribution is 5.80. The van der Waals surface area contributed by atoms with Crippen molar-refractivity contribution in [3.05, 3.63) is 59.8 Å². The molecule has 0 unspecified atom stereocenters. The number of hydrogen-bond donors (Lipinski definition) is 2. The highest BCUT2D eigenvalue weighted by atomic mass is 16.5. The van der Waals surface area contributed by atoms with Gasteiger partial charge >= 0.3 is 0 Å². The Morgan fingerprint density at radius 2 is 1.84 bits per heavy atom. The van der Waals surface area contributed by atoms with E-state index >= 15 is 0 Å². The molecule has 32 heavy (non-hydrogen) atoms. The summed E-state index contributed by atoms with van der Waals surface area (Å²) in [5.74, 6) is 1.93. The lowest BCUT2D eigenvalue weighted by atomic mass is 10.0. The van der Waals surface area contributed by atoms with Crippen LogP contribution >= 0.6 is 0 Å². The third-order valence-corrected chi connectivity index (χ3v) is 6.11. The molecule has 2 aromatic rings. The molecular weight excluding hydrogens is 400 g/mol. The zero-order valence-corrected chi connectivity index (χ0v) is 19.2. The second-order valence-corrected chi connectivity index (χ2v) is 8.46. The number of likely N-dealkylation sites (tertiary alicyclic amines) is 1. The molecule has 2 N–H and O–H groups in total. The van der Waals surface area contributed by atoms with Gasteiger partial charge in [-0.15, -0.1) is 0 Å². The molecule has 1 aromatic heterocycles. The third-order valence-electron chi connectivity index (χ3n) is 6.11. The molecule has 2 aliphatic heterocycles. The number of benzene rings is 1. The minimum Gasteiger partial charge on any atom is -0.378 e. The smallest absolute Gasteiger partial charge is 0.191 e. The first-order chi connectivity index (χ1) is 15.8. The number of guanidine groups is 1. The van der Waals surface area contributed by atoms with E-state index < -0.39 is 0 Å². The molecule has 1 aromatic carbocycles. The largest absolute Gasteiger partial charge is 0.378 e. The van der Waals surface area contributed by atoms with Gasteiger partial charge in [0.15, 0.2) is 5.96 Å². The van der Waals surface area contributed by atoms with Crippen LogP contribution in [-0.4, -0.2) is 67.8 Å². The lowest BCUT2D eigenvalue weighted by molar-refractivity contribution is 0.122. The van der Waals surface area contributed by atoms with E-state index in [0.717, 1.165) is 82.7 Å². The highest BCUT2D eigenvalue weighted by Gasteiger charge is 2.20. The van der Waals surface area contributed by atoms with Gasteiger partial charge in [-0.3, -0.25) is 4.90 Å². The fourth-order valence-corrected chi connectivity index (χ4v) is 4.37. The van der Waals surface area contributed by atoms with Gasteiger partial charge in [0.05, 0.1) is 19.8 Å². The Morgan fingerprint density at radius 1 is 1.06 bits per heavy atom. The van der Waals surface area contributed by atoms with Crippen molar-refractivity contribution in [1.29, 1.82) is 0 Å². The molecule has 0 saturated carbocycles. The summed E-state index contributed by atoms with van der Waals surface area (Å²) in [6.45, 7) is 10.1. The van der Waals surface area contributed by atoms with Gasteiger partial charge in [-0.25, -0.2) is 9.98 Å². The van der Waals surface area contributed by atoms with E-state index in [1.165, 1.54) is 5.56 Å². The van der Waals surface area contributed by atoms with Crippen molar-refractivity contribution in [1.82, 2.24) is 20.5 Å². The van der Waals surface area contributed by atoms with Gasteiger partial charge in [0.25, 0.3) is 0 Å². The molecule has 7 heteroatoms. The Kier molecular flexibility index (Phi) is 8.34. The number of piperidine rings is 1. The SMILES string of the molecule is CCNC(=NCc1cccnc1N1CCOCC1)NC1CCN(Cc2ccccc2)CC1. The number of rotatable bonds is 7. The summed E-state index contributed by atoms with van der Waals surface area (Å²) in [5.41, 5.74) is 2.55. The summed E-state index contributed by atoms with van der Waals surface area (Å²) in [6, 6.07) is 15.3. The fraction of sp³-hybridized carbons (Fsp3) is 0.520. The molecule has 172 valence electrons. The molecule has 0 amide bonds. The van der Waals surface area contributed by atoms with Crippen molar-refractivity contribution in [2.45, 2.75) is 38.9 Å². The first-order valence-electron chi connectivity index (χ1n) is 11.9. The van der Waals surface area contributed by atoms with E-state index in [9.17, 15) is 0 Å². The molecule has 4 rings (SSSR count). The summed E-state index contributed by atoms with van der Waals surface area (Å²) >= 11 is 0. The van der Waals surface area contributed by atoms with Gasteiger partial charge < -0.3 is 20.3 Å². The average molecular weight is 437 g/mol. The minimum absolute atomic E-state index is 0.451. The summed E-state index contributed by atoms with van der Waals surface area (Å²) in [7, 11) is 0. The second kappa shape index (κ2) is 11.8. The van der Waals surface area contributed by atoms with Crippen LogP contribution < -0.4 is 15.5 Å². The number of hydrogen-bond acceptors (Lipinski definition) is 5. The van der Waals surface area contributed by atoms with Crippen LogP contribution in [0.15, 0.2) is 53.7 Å². The lowest BCUT2D eigenvalue weighted by Gasteiger charge is -2.33. The number of morpholine rings is 1. The number of nitrogens with zero attached hydrogens (tertiary/aromatic N) is 4. The number of pyridine rings is 1. The lowest BCUT2D eigenvalue weighted by Crippen LogP contribution is -2.48. The third kappa shape index (κ3) is 6.43. The summed E-state index contributed by atoms with van der Waals surface area (Å²) < 4.78 is 5.50. The highest BCUT2D eigenvalue weighted by Crippen LogP contribution is 2.19. The molecule has 0 bridgehead atoms. The predicted octanol–water partition coefficient (Wildman–Crippen LogP) is 2.64. The Balaban J connectivity index is 1.32. The van der Waals surface area contributed by atoms with Crippen LogP contribution in [0.1, 0.15) is 30.9 Å². The molecular formula is C25H36N6O. The Labute approximate surface area is 191 Å².